The highest BCUT2D eigenvalue weighted by Crippen LogP contribution is 2.45. The molecule has 0 spiro atoms. The smallest absolute Gasteiger partial charge is 0.129 e. The molecule has 0 radical (unpaired) electrons. The number of benzene rings is 2. The van der Waals surface area contributed by atoms with Gasteiger partial charge in [-0.05, 0) is 81.8 Å². The normalized spacial score (nSPS) is 18.6. The van der Waals surface area contributed by atoms with Crippen LogP contribution in [0.15, 0.2) is 35.3 Å². The standard InChI is InChI=1S/C24H32N2O/c1-8-26-22-13-23(27-7)19(12-21(22)18(4)14-24(26,5)6)15-25-20-10-9-16(2)17(3)11-20/h9-13,15,18H,8,14H2,1-7H3. The van der Waals surface area contributed by atoms with Crippen molar-refractivity contribution >= 4 is 17.6 Å². The fourth-order valence-electron chi connectivity index (χ4n) is 4.35. The Balaban J connectivity index is 2.04. The monoisotopic (exact) mass is 364 g/mol. The summed E-state index contributed by atoms with van der Waals surface area (Å²) < 4.78 is 5.72. The van der Waals surface area contributed by atoms with Gasteiger partial charge in [0.2, 0.25) is 0 Å². The summed E-state index contributed by atoms with van der Waals surface area (Å²) >= 11 is 0. The predicted octanol–water partition coefficient (Wildman–Crippen LogP) is 6.17. The lowest BCUT2D eigenvalue weighted by molar-refractivity contribution is 0.377. The van der Waals surface area contributed by atoms with Gasteiger partial charge in [-0.15, -0.1) is 0 Å². The van der Waals surface area contributed by atoms with Gasteiger partial charge in [-0.2, -0.15) is 0 Å². The molecule has 1 unspecified atom stereocenters. The molecular formula is C24H32N2O. The molecule has 0 bridgehead atoms. The fraction of sp³-hybridized carbons (Fsp3) is 0.458. The second-order valence-corrected chi connectivity index (χ2v) is 8.34. The number of methoxy groups -OCH3 is 1. The Kier molecular flexibility index (Phi) is 5.32. The minimum absolute atomic E-state index is 0.154. The molecule has 0 aliphatic carbocycles. The zero-order valence-electron chi connectivity index (χ0n) is 17.8. The van der Waals surface area contributed by atoms with Gasteiger partial charge in [0.05, 0.1) is 12.8 Å². The highest BCUT2D eigenvalue weighted by atomic mass is 16.5. The Morgan fingerprint density at radius 2 is 1.93 bits per heavy atom. The summed E-state index contributed by atoms with van der Waals surface area (Å²) in [6.45, 7) is 14.4. The highest BCUT2D eigenvalue weighted by Gasteiger charge is 2.36. The van der Waals surface area contributed by atoms with E-state index in [1.807, 2.05) is 6.21 Å². The molecule has 1 aliphatic heterocycles. The molecule has 0 fully saturated rings. The average molecular weight is 365 g/mol. The number of aliphatic imine (C=N–C) groups is 1. The Bertz CT molecular complexity index is 867. The van der Waals surface area contributed by atoms with E-state index in [2.05, 4.69) is 76.8 Å². The number of fused-ring (bicyclic) bond motifs is 1. The van der Waals surface area contributed by atoms with E-state index >= 15 is 0 Å². The molecular weight excluding hydrogens is 332 g/mol. The molecule has 3 rings (SSSR count). The molecule has 1 atom stereocenters. The molecule has 27 heavy (non-hydrogen) atoms. The molecule has 2 aromatic carbocycles. The van der Waals surface area contributed by atoms with Crippen molar-refractivity contribution in [3.63, 3.8) is 0 Å². The molecule has 144 valence electrons. The summed E-state index contributed by atoms with van der Waals surface area (Å²) in [6, 6.07) is 10.8. The van der Waals surface area contributed by atoms with E-state index in [0.29, 0.717) is 5.92 Å². The number of ether oxygens (including phenoxy) is 1. The maximum absolute atomic E-state index is 5.72. The van der Waals surface area contributed by atoms with Crippen LogP contribution in [-0.4, -0.2) is 25.4 Å². The molecule has 0 amide bonds. The SMILES string of the molecule is CCN1c2cc(OC)c(C=Nc3ccc(C)c(C)c3)cc2C(C)CC1(C)C. The minimum Gasteiger partial charge on any atom is -0.496 e. The molecule has 3 heteroatoms. The first-order valence-corrected chi connectivity index (χ1v) is 9.87. The van der Waals surface area contributed by atoms with Gasteiger partial charge in [-0.1, -0.05) is 13.0 Å². The van der Waals surface area contributed by atoms with Crippen molar-refractivity contribution in [2.24, 2.45) is 4.99 Å². The summed E-state index contributed by atoms with van der Waals surface area (Å²) in [4.78, 5) is 7.21. The number of aryl methyl sites for hydroxylation is 2. The van der Waals surface area contributed by atoms with Crippen molar-refractivity contribution in [1.29, 1.82) is 0 Å². The van der Waals surface area contributed by atoms with E-state index in [9.17, 15) is 0 Å². The summed E-state index contributed by atoms with van der Waals surface area (Å²) in [5, 5.41) is 0. The van der Waals surface area contributed by atoms with E-state index in [-0.39, 0.29) is 5.54 Å². The van der Waals surface area contributed by atoms with Crippen LogP contribution in [0, 0.1) is 13.8 Å². The Hall–Kier alpha value is -2.29. The van der Waals surface area contributed by atoms with Gasteiger partial charge in [0.25, 0.3) is 0 Å². The van der Waals surface area contributed by atoms with E-state index in [1.165, 1.54) is 22.4 Å². The number of hydrogen-bond donors (Lipinski definition) is 0. The third-order valence-corrected chi connectivity index (χ3v) is 5.90. The zero-order valence-corrected chi connectivity index (χ0v) is 17.8. The lowest BCUT2D eigenvalue weighted by Crippen LogP contribution is -2.48. The zero-order chi connectivity index (χ0) is 19.8. The largest absolute Gasteiger partial charge is 0.496 e. The van der Waals surface area contributed by atoms with Gasteiger partial charge in [0.15, 0.2) is 0 Å². The minimum atomic E-state index is 0.154. The van der Waals surface area contributed by atoms with Crippen LogP contribution in [0.2, 0.25) is 0 Å². The summed E-state index contributed by atoms with van der Waals surface area (Å²) in [5.41, 5.74) is 7.40. The third kappa shape index (κ3) is 3.73. The van der Waals surface area contributed by atoms with Gasteiger partial charge in [0.1, 0.15) is 5.75 Å². The third-order valence-electron chi connectivity index (χ3n) is 5.90. The molecule has 0 aromatic heterocycles. The van der Waals surface area contributed by atoms with Crippen molar-refractivity contribution in [2.75, 3.05) is 18.6 Å². The van der Waals surface area contributed by atoms with Gasteiger partial charge < -0.3 is 9.64 Å². The first kappa shape index (κ1) is 19.5. The van der Waals surface area contributed by atoms with Gasteiger partial charge in [-0.3, -0.25) is 4.99 Å². The lowest BCUT2D eigenvalue weighted by Gasteiger charge is -2.47. The first-order valence-electron chi connectivity index (χ1n) is 9.87. The second kappa shape index (κ2) is 7.38. The topological polar surface area (TPSA) is 24.8 Å². The van der Waals surface area contributed by atoms with E-state index in [1.54, 1.807) is 7.11 Å². The van der Waals surface area contributed by atoms with Crippen molar-refractivity contribution in [3.05, 3.63) is 52.6 Å². The maximum Gasteiger partial charge on any atom is 0.129 e. The summed E-state index contributed by atoms with van der Waals surface area (Å²) in [5.74, 6) is 1.39. The molecule has 1 aliphatic rings. The summed E-state index contributed by atoms with van der Waals surface area (Å²) in [6.07, 6.45) is 3.08. The van der Waals surface area contributed by atoms with Crippen molar-refractivity contribution in [2.45, 2.75) is 59.4 Å². The number of anilines is 1. The highest BCUT2D eigenvalue weighted by molar-refractivity contribution is 5.88. The van der Waals surface area contributed by atoms with Crippen LogP contribution in [-0.2, 0) is 0 Å². The molecule has 0 saturated heterocycles. The fourth-order valence-corrected chi connectivity index (χ4v) is 4.35. The Morgan fingerprint density at radius 1 is 1.19 bits per heavy atom. The number of nitrogens with zero attached hydrogens (tertiary/aromatic N) is 2. The number of rotatable bonds is 4. The van der Waals surface area contributed by atoms with Crippen LogP contribution >= 0.6 is 0 Å². The Labute approximate surface area is 164 Å². The maximum atomic E-state index is 5.72. The first-order chi connectivity index (χ1) is 12.8. The quantitative estimate of drug-likeness (QED) is 0.606. The molecule has 0 N–H and O–H groups in total. The van der Waals surface area contributed by atoms with Crippen LogP contribution in [0.3, 0.4) is 0 Å². The average Bonchev–Trinajstić information content (AvgIpc) is 2.61. The lowest BCUT2D eigenvalue weighted by atomic mass is 9.79. The van der Waals surface area contributed by atoms with Gasteiger partial charge in [-0.25, -0.2) is 0 Å². The van der Waals surface area contributed by atoms with E-state index in [4.69, 9.17) is 9.73 Å². The van der Waals surface area contributed by atoms with Gasteiger partial charge in [0, 0.05) is 35.6 Å². The Morgan fingerprint density at radius 3 is 2.56 bits per heavy atom. The van der Waals surface area contributed by atoms with Crippen LogP contribution in [0.1, 0.15) is 62.3 Å². The van der Waals surface area contributed by atoms with E-state index < -0.39 is 0 Å². The van der Waals surface area contributed by atoms with Crippen LogP contribution in [0.5, 0.6) is 5.75 Å². The van der Waals surface area contributed by atoms with Crippen LogP contribution < -0.4 is 9.64 Å². The molecule has 1 heterocycles. The molecule has 2 aromatic rings. The molecule has 3 nitrogen and oxygen atoms in total. The van der Waals surface area contributed by atoms with Gasteiger partial charge >= 0.3 is 0 Å². The van der Waals surface area contributed by atoms with Crippen molar-refractivity contribution in [1.82, 2.24) is 0 Å². The van der Waals surface area contributed by atoms with Crippen molar-refractivity contribution < 1.29 is 4.74 Å². The summed E-state index contributed by atoms with van der Waals surface area (Å²) in [7, 11) is 1.74. The van der Waals surface area contributed by atoms with Crippen LogP contribution in [0.25, 0.3) is 0 Å². The van der Waals surface area contributed by atoms with E-state index in [0.717, 1.165) is 30.0 Å². The number of hydrogen-bond acceptors (Lipinski definition) is 3. The second-order valence-electron chi connectivity index (χ2n) is 8.34. The van der Waals surface area contributed by atoms with Crippen molar-refractivity contribution in [3.8, 4) is 5.75 Å². The van der Waals surface area contributed by atoms with Crippen LogP contribution in [0.4, 0.5) is 11.4 Å². The molecule has 0 saturated carbocycles. The predicted molar refractivity (Wildman–Crippen MR) is 116 cm³/mol.